The van der Waals surface area contributed by atoms with Gasteiger partial charge in [0.05, 0.1) is 5.56 Å². The highest BCUT2D eigenvalue weighted by Crippen LogP contribution is 2.39. The number of ether oxygens (including phenoxy) is 1. The number of rotatable bonds is 5. The van der Waals surface area contributed by atoms with Crippen LogP contribution in [-0.4, -0.2) is 28.6 Å². The number of esters is 1. The summed E-state index contributed by atoms with van der Waals surface area (Å²) in [4.78, 5) is 23.3. The molecule has 1 aromatic rings. The van der Waals surface area contributed by atoms with E-state index in [1.807, 2.05) is 73.8 Å². The lowest BCUT2D eigenvalue weighted by molar-refractivity contribution is -0.214. The molecule has 0 bridgehead atoms. The Balaban J connectivity index is 3.32. The summed E-state index contributed by atoms with van der Waals surface area (Å²) in [5.74, 6) is -8.41. The smallest absolute Gasteiger partial charge is 0.381 e. The Morgan fingerprint density at radius 3 is 2.17 bits per heavy atom. The number of carbonyl (C=O) groups excluding carboxylic acids is 1. The van der Waals surface area contributed by atoms with E-state index in [9.17, 15) is 18.4 Å². The van der Waals surface area contributed by atoms with E-state index < -0.39 is 29.4 Å². The zero-order chi connectivity index (χ0) is 18.2. The fourth-order valence-corrected chi connectivity index (χ4v) is 4.09. The molecular weight excluding hydrogens is 651 g/mol. The van der Waals surface area contributed by atoms with Gasteiger partial charge in [-0.25, -0.2) is 9.59 Å². The van der Waals surface area contributed by atoms with E-state index in [-0.39, 0.29) is 5.56 Å². The second kappa shape index (κ2) is 7.62. The molecule has 0 aliphatic carbocycles. The number of halogens is 5. The number of aliphatic carboxylic acids is 1. The molecule has 0 saturated carbocycles. The molecule has 0 heterocycles. The van der Waals surface area contributed by atoms with E-state index in [0.29, 0.717) is 3.57 Å². The maximum atomic E-state index is 14.1. The van der Waals surface area contributed by atoms with Crippen molar-refractivity contribution in [1.29, 1.82) is 0 Å². The van der Waals surface area contributed by atoms with Gasteiger partial charge in [0.2, 0.25) is 0 Å². The molecule has 0 aromatic heterocycles. The van der Waals surface area contributed by atoms with Crippen molar-refractivity contribution < 1.29 is 28.2 Å². The second-order valence-corrected chi connectivity index (χ2v) is 8.77. The van der Waals surface area contributed by atoms with E-state index >= 15 is 0 Å². The molecule has 0 amide bonds. The summed E-state index contributed by atoms with van der Waals surface area (Å²) < 4.78 is 35.3. The molecular formula is C14H13F2I3O4. The van der Waals surface area contributed by atoms with E-state index in [0.717, 1.165) is 14.1 Å². The van der Waals surface area contributed by atoms with E-state index in [1.54, 1.807) is 0 Å². The van der Waals surface area contributed by atoms with Gasteiger partial charge in [-0.2, -0.15) is 8.78 Å². The average Bonchev–Trinajstić information content (AvgIpc) is 2.41. The summed E-state index contributed by atoms with van der Waals surface area (Å²) in [7, 11) is 0. The highest BCUT2D eigenvalue weighted by atomic mass is 127. The standard InChI is InChI=1S/C14H13F2I3O4/c1-6(2)13(3,14(15,16)12(21)22)23-11(20)8-4-7(17)5-9(18)10(8)19/h4-6H,1-3H3,(H,21,22). The lowest BCUT2D eigenvalue weighted by Crippen LogP contribution is -2.57. The van der Waals surface area contributed by atoms with Crippen LogP contribution in [0.15, 0.2) is 12.1 Å². The van der Waals surface area contributed by atoms with Crippen LogP contribution in [0.4, 0.5) is 8.78 Å². The number of carboxylic acids is 1. The van der Waals surface area contributed by atoms with Crippen molar-refractivity contribution in [3.63, 3.8) is 0 Å². The van der Waals surface area contributed by atoms with Gasteiger partial charge in [-0.3, -0.25) is 0 Å². The quantitative estimate of drug-likeness (QED) is 0.280. The molecule has 1 rings (SSSR count). The van der Waals surface area contributed by atoms with Gasteiger partial charge >= 0.3 is 17.9 Å². The monoisotopic (exact) mass is 664 g/mol. The van der Waals surface area contributed by atoms with Crippen LogP contribution >= 0.6 is 67.8 Å². The van der Waals surface area contributed by atoms with Gasteiger partial charge < -0.3 is 9.84 Å². The highest BCUT2D eigenvalue weighted by Gasteiger charge is 2.61. The van der Waals surface area contributed by atoms with Crippen LogP contribution in [0, 0.1) is 16.6 Å². The first-order chi connectivity index (χ1) is 10.3. The lowest BCUT2D eigenvalue weighted by atomic mass is 9.85. The first kappa shape index (κ1) is 21.3. The summed E-state index contributed by atoms with van der Waals surface area (Å²) in [6, 6.07) is 3.35. The van der Waals surface area contributed by atoms with Crippen molar-refractivity contribution in [2.75, 3.05) is 0 Å². The van der Waals surface area contributed by atoms with E-state index in [4.69, 9.17) is 9.84 Å². The molecule has 1 unspecified atom stereocenters. The number of hydrogen-bond acceptors (Lipinski definition) is 3. The number of carbonyl (C=O) groups is 2. The molecule has 23 heavy (non-hydrogen) atoms. The molecule has 0 fully saturated rings. The number of hydrogen-bond donors (Lipinski definition) is 1. The number of carboxylic acid groups (broad SMARTS) is 1. The predicted molar refractivity (Wildman–Crippen MR) is 106 cm³/mol. The van der Waals surface area contributed by atoms with Crippen LogP contribution < -0.4 is 0 Å². The minimum absolute atomic E-state index is 0.134. The number of alkyl halides is 2. The summed E-state index contributed by atoms with van der Waals surface area (Å²) in [6.07, 6.45) is 0. The molecule has 1 N–H and O–H groups in total. The van der Waals surface area contributed by atoms with Crippen LogP contribution in [-0.2, 0) is 9.53 Å². The van der Waals surface area contributed by atoms with Gasteiger partial charge in [0, 0.05) is 10.7 Å². The van der Waals surface area contributed by atoms with Crippen molar-refractivity contribution in [1.82, 2.24) is 0 Å². The molecule has 1 atom stereocenters. The summed E-state index contributed by atoms with van der Waals surface area (Å²) >= 11 is 5.95. The first-order valence-corrected chi connectivity index (χ1v) is 9.57. The van der Waals surface area contributed by atoms with Crippen LogP contribution in [0.2, 0.25) is 0 Å². The highest BCUT2D eigenvalue weighted by molar-refractivity contribution is 14.1. The number of benzene rings is 1. The van der Waals surface area contributed by atoms with Crippen LogP contribution in [0.1, 0.15) is 31.1 Å². The van der Waals surface area contributed by atoms with Crippen molar-refractivity contribution in [3.05, 3.63) is 28.4 Å². The van der Waals surface area contributed by atoms with E-state index in [2.05, 4.69) is 0 Å². The van der Waals surface area contributed by atoms with Crippen molar-refractivity contribution in [2.24, 2.45) is 5.92 Å². The Labute approximate surface area is 173 Å². The van der Waals surface area contributed by atoms with Crippen LogP contribution in [0.5, 0.6) is 0 Å². The molecule has 4 nitrogen and oxygen atoms in total. The molecule has 0 radical (unpaired) electrons. The molecule has 0 aliphatic heterocycles. The average molecular weight is 664 g/mol. The van der Waals surface area contributed by atoms with Crippen LogP contribution in [0.25, 0.3) is 0 Å². The van der Waals surface area contributed by atoms with Crippen molar-refractivity contribution >= 4 is 79.7 Å². The zero-order valence-corrected chi connectivity index (χ0v) is 18.8. The Morgan fingerprint density at radius 2 is 1.74 bits per heavy atom. The maximum Gasteiger partial charge on any atom is 0.381 e. The third-order valence-electron chi connectivity index (χ3n) is 3.51. The Kier molecular flexibility index (Phi) is 7.04. The maximum absolute atomic E-state index is 14.1. The largest absolute Gasteiger partial charge is 0.477 e. The van der Waals surface area contributed by atoms with Crippen LogP contribution in [0.3, 0.4) is 0 Å². The molecule has 1 aromatic carbocycles. The minimum Gasteiger partial charge on any atom is -0.477 e. The zero-order valence-electron chi connectivity index (χ0n) is 12.3. The van der Waals surface area contributed by atoms with Crippen molar-refractivity contribution in [3.8, 4) is 0 Å². The SMILES string of the molecule is CC(C)C(C)(OC(=O)c1cc(I)cc(I)c1I)C(F)(F)C(=O)O. The lowest BCUT2D eigenvalue weighted by Gasteiger charge is -2.37. The van der Waals surface area contributed by atoms with Gasteiger partial charge in [0.15, 0.2) is 5.60 Å². The predicted octanol–water partition coefficient (Wildman–Crippen LogP) is 4.79. The molecule has 0 saturated heterocycles. The molecule has 0 aliphatic rings. The fourth-order valence-electron chi connectivity index (χ4n) is 1.71. The Hall–Kier alpha value is 0.210. The Bertz CT molecular complexity index is 649. The van der Waals surface area contributed by atoms with Crippen molar-refractivity contribution in [2.45, 2.75) is 32.3 Å². The third-order valence-corrected chi connectivity index (χ3v) is 7.18. The second-order valence-electron chi connectivity index (χ2n) is 5.28. The minimum atomic E-state index is -4.21. The van der Waals surface area contributed by atoms with Gasteiger partial charge in [-0.05, 0) is 92.7 Å². The summed E-state index contributed by atoms with van der Waals surface area (Å²) in [5, 5.41) is 8.81. The first-order valence-electron chi connectivity index (χ1n) is 6.33. The summed E-state index contributed by atoms with van der Waals surface area (Å²) in [5.41, 5.74) is -2.33. The van der Waals surface area contributed by atoms with Gasteiger partial charge in [-0.1, -0.05) is 13.8 Å². The molecule has 128 valence electrons. The summed E-state index contributed by atoms with van der Waals surface area (Å²) in [6.45, 7) is 3.70. The molecule has 0 spiro atoms. The van der Waals surface area contributed by atoms with Gasteiger partial charge in [0.25, 0.3) is 0 Å². The Morgan fingerprint density at radius 1 is 1.22 bits per heavy atom. The topological polar surface area (TPSA) is 63.6 Å². The van der Waals surface area contributed by atoms with E-state index in [1.165, 1.54) is 19.9 Å². The van der Waals surface area contributed by atoms with Gasteiger partial charge in [0.1, 0.15) is 0 Å². The van der Waals surface area contributed by atoms with Gasteiger partial charge in [-0.15, -0.1) is 0 Å². The molecule has 9 heteroatoms. The third kappa shape index (κ3) is 4.25. The normalized spacial score (nSPS) is 14.5. The fraction of sp³-hybridized carbons (Fsp3) is 0.429.